The molecule has 0 bridgehead atoms. The van der Waals surface area contributed by atoms with Crippen LogP contribution in [0, 0.1) is 18.3 Å². The number of terminal acetylenes is 1. The molecular weight excluding hydrogens is 206 g/mol. The van der Waals surface area contributed by atoms with E-state index in [-0.39, 0.29) is 12.0 Å². The van der Waals surface area contributed by atoms with E-state index in [9.17, 15) is 0 Å². The van der Waals surface area contributed by atoms with Crippen LogP contribution in [-0.4, -0.2) is 16.3 Å². The van der Waals surface area contributed by atoms with Gasteiger partial charge in [0.15, 0.2) is 18.0 Å². The van der Waals surface area contributed by atoms with E-state index in [1.54, 1.807) is 6.08 Å². The molecule has 0 saturated carbocycles. The van der Waals surface area contributed by atoms with Gasteiger partial charge in [-0.3, -0.25) is 0 Å². The van der Waals surface area contributed by atoms with Crippen molar-refractivity contribution in [1.82, 2.24) is 0 Å². The zero-order valence-corrected chi connectivity index (χ0v) is 10.9. The number of hydrogen-bond donors (Lipinski definition) is 0. The van der Waals surface area contributed by atoms with E-state index in [1.807, 2.05) is 19.1 Å². The van der Waals surface area contributed by atoms with Crippen molar-refractivity contribution in [3.8, 4) is 12.3 Å². The topological polar surface area (TPSA) is 3.01 Å². The fraction of sp³-hybridized carbons (Fsp3) is 0.312. The molecule has 1 aliphatic rings. The molecule has 1 rings (SSSR count). The average molecular weight is 226 g/mol. The summed E-state index contributed by atoms with van der Waals surface area (Å²) in [6, 6.07) is 0.243. The van der Waals surface area contributed by atoms with Crippen molar-refractivity contribution in [1.29, 1.82) is 0 Å². The molecule has 1 heterocycles. The second-order valence-corrected chi connectivity index (χ2v) is 4.20. The van der Waals surface area contributed by atoms with E-state index in [1.165, 1.54) is 0 Å². The molecule has 0 amide bonds. The molecule has 0 aliphatic carbocycles. The monoisotopic (exact) mass is 226 g/mol. The van der Waals surface area contributed by atoms with Crippen molar-refractivity contribution in [2.75, 3.05) is 0 Å². The standard InChI is InChI=1S/C16H20N/c1-7-10-16-12(4)13(5)17(11-8-2)14(6)15(16)9-3/h3,7-8,10-11,14-15H,1,4H2,2,5-6H3/q+1/b11-8-,16-10+. The highest BCUT2D eigenvalue weighted by molar-refractivity contribution is 5.99. The number of hydrogen-bond acceptors (Lipinski definition) is 0. The molecule has 17 heavy (non-hydrogen) atoms. The fourth-order valence-electron chi connectivity index (χ4n) is 2.25. The highest BCUT2D eigenvalue weighted by Gasteiger charge is 2.36. The largest absolute Gasteiger partial charge is 0.198 e. The predicted octanol–water partition coefficient (Wildman–Crippen LogP) is 3.31. The molecule has 1 aliphatic heterocycles. The molecular formula is C16H20N+. The summed E-state index contributed by atoms with van der Waals surface area (Å²) in [5.74, 6) is 2.92. The van der Waals surface area contributed by atoms with Gasteiger partial charge in [0.25, 0.3) is 0 Å². The number of nitrogens with zero attached hydrogens (tertiary/aromatic N) is 1. The number of allylic oxidation sites excluding steroid dienone is 4. The predicted molar refractivity (Wildman–Crippen MR) is 75.0 cm³/mol. The van der Waals surface area contributed by atoms with Crippen LogP contribution < -0.4 is 0 Å². The summed E-state index contributed by atoms with van der Waals surface area (Å²) >= 11 is 0. The van der Waals surface area contributed by atoms with Gasteiger partial charge in [-0.05, 0) is 25.5 Å². The van der Waals surface area contributed by atoms with Gasteiger partial charge in [0.2, 0.25) is 0 Å². The lowest BCUT2D eigenvalue weighted by Gasteiger charge is -2.26. The third-order valence-corrected chi connectivity index (χ3v) is 3.22. The van der Waals surface area contributed by atoms with E-state index in [2.05, 4.69) is 43.7 Å². The Morgan fingerprint density at radius 1 is 1.47 bits per heavy atom. The van der Waals surface area contributed by atoms with Crippen LogP contribution in [0.2, 0.25) is 0 Å². The maximum Gasteiger partial charge on any atom is 0.185 e. The minimum Gasteiger partial charge on any atom is -0.198 e. The summed E-state index contributed by atoms with van der Waals surface area (Å²) < 4.78 is 2.19. The molecule has 0 radical (unpaired) electrons. The molecule has 0 spiro atoms. The van der Waals surface area contributed by atoms with E-state index in [0.29, 0.717) is 0 Å². The van der Waals surface area contributed by atoms with E-state index < -0.39 is 0 Å². The highest BCUT2D eigenvalue weighted by atomic mass is 15.0. The molecule has 0 aromatic heterocycles. The molecule has 1 heteroatoms. The van der Waals surface area contributed by atoms with Gasteiger partial charge < -0.3 is 0 Å². The normalized spacial score (nSPS) is 27.6. The van der Waals surface area contributed by atoms with Crippen LogP contribution in [0.25, 0.3) is 0 Å². The van der Waals surface area contributed by atoms with Gasteiger partial charge in [-0.1, -0.05) is 31.2 Å². The van der Waals surface area contributed by atoms with Gasteiger partial charge in [-0.25, -0.2) is 0 Å². The van der Waals surface area contributed by atoms with E-state index >= 15 is 0 Å². The third kappa shape index (κ3) is 2.31. The lowest BCUT2D eigenvalue weighted by molar-refractivity contribution is -0.503. The SMILES string of the molecule is C#CC1/C(=C/C=C)C(=C)C(C)=[N+](/C=C\C)C1C. The maximum atomic E-state index is 5.65. The van der Waals surface area contributed by atoms with E-state index in [4.69, 9.17) is 6.42 Å². The van der Waals surface area contributed by atoms with Crippen molar-refractivity contribution in [2.24, 2.45) is 5.92 Å². The summed E-state index contributed by atoms with van der Waals surface area (Å²) in [5.41, 5.74) is 3.26. The minimum absolute atomic E-state index is 0.0559. The van der Waals surface area contributed by atoms with Gasteiger partial charge in [-0.2, -0.15) is 4.58 Å². The Morgan fingerprint density at radius 2 is 2.12 bits per heavy atom. The molecule has 88 valence electrons. The van der Waals surface area contributed by atoms with Crippen molar-refractivity contribution in [3.63, 3.8) is 0 Å². The smallest absolute Gasteiger partial charge is 0.185 e. The molecule has 0 saturated heterocycles. The summed E-state index contributed by atoms with van der Waals surface area (Å²) in [6.07, 6.45) is 13.5. The zero-order chi connectivity index (χ0) is 13.0. The molecule has 0 aromatic rings. The van der Waals surface area contributed by atoms with Crippen LogP contribution in [0.3, 0.4) is 0 Å². The van der Waals surface area contributed by atoms with Crippen molar-refractivity contribution in [2.45, 2.75) is 26.8 Å². The van der Waals surface area contributed by atoms with Crippen molar-refractivity contribution < 1.29 is 4.58 Å². The lowest BCUT2D eigenvalue weighted by Crippen LogP contribution is -2.38. The van der Waals surface area contributed by atoms with Crippen LogP contribution >= 0.6 is 0 Å². The third-order valence-electron chi connectivity index (χ3n) is 3.22. The Balaban J connectivity index is 3.41. The first-order chi connectivity index (χ1) is 8.08. The summed E-state index contributed by atoms with van der Waals surface area (Å²) in [5, 5.41) is 0. The number of rotatable bonds is 2. The van der Waals surface area contributed by atoms with Gasteiger partial charge in [0.1, 0.15) is 5.92 Å². The summed E-state index contributed by atoms with van der Waals surface area (Å²) in [6.45, 7) is 14.1. The Bertz CT molecular complexity index is 466. The molecule has 2 unspecified atom stereocenters. The van der Waals surface area contributed by atoms with Gasteiger partial charge in [-0.15, -0.1) is 6.42 Å². The Labute approximate surface area is 105 Å². The van der Waals surface area contributed by atoms with Crippen LogP contribution in [0.4, 0.5) is 0 Å². The van der Waals surface area contributed by atoms with Gasteiger partial charge in [0, 0.05) is 12.5 Å². The first-order valence-electron chi connectivity index (χ1n) is 5.81. The second kappa shape index (κ2) is 5.50. The average Bonchev–Trinajstić information content (AvgIpc) is 2.32. The minimum atomic E-state index is 0.0559. The molecule has 0 aromatic carbocycles. The van der Waals surface area contributed by atoms with Crippen molar-refractivity contribution in [3.05, 3.63) is 48.7 Å². The van der Waals surface area contributed by atoms with Crippen LogP contribution in [-0.2, 0) is 0 Å². The Hall–Kier alpha value is -1.81. The maximum absolute atomic E-state index is 5.65. The van der Waals surface area contributed by atoms with Gasteiger partial charge >= 0.3 is 0 Å². The second-order valence-electron chi connectivity index (χ2n) is 4.20. The molecule has 1 nitrogen and oxygen atoms in total. The Morgan fingerprint density at radius 3 is 2.59 bits per heavy atom. The molecule has 2 atom stereocenters. The van der Waals surface area contributed by atoms with Crippen LogP contribution in [0.1, 0.15) is 20.8 Å². The molecule has 0 fully saturated rings. The van der Waals surface area contributed by atoms with E-state index in [0.717, 1.165) is 16.9 Å². The van der Waals surface area contributed by atoms with Crippen LogP contribution in [0.15, 0.2) is 48.7 Å². The lowest BCUT2D eigenvalue weighted by atomic mass is 9.82. The summed E-state index contributed by atoms with van der Waals surface area (Å²) in [7, 11) is 0. The first-order valence-corrected chi connectivity index (χ1v) is 5.81. The van der Waals surface area contributed by atoms with Crippen molar-refractivity contribution >= 4 is 5.71 Å². The van der Waals surface area contributed by atoms with Gasteiger partial charge in [0.05, 0.1) is 0 Å². The molecule has 0 N–H and O–H groups in total. The first kappa shape index (κ1) is 13.3. The zero-order valence-electron chi connectivity index (χ0n) is 10.9. The quantitative estimate of drug-likeness (QED) is 0.502. The van der Waals surface area contributed by atoms with Crippen LogP contribution in [0.5, 0.6) is 0 Å². The summed E-state index contributed by atoms with van der Waals surface area (Å²) in [4.78, 5) is 0. The Kier molecular flexibility index (Phi) is 4.29. The highest BCUT2D eigenvalue weighted by Crippen LogP contribution is 2.29. The fourth-order valence-corrected chi connectivity index (χ4v) is 2.25.